The molecule has 0 aliphatic carbocycles. The van der Waals surface area contributed by atoms with Crippen LogP contribution in [-0.2, 0) is 14.8 Å². The van der Waals surface area contributed by atoms with Crippen molar-refractivity contribution in [1.29, 1.82) is 0 Å². The fourth-order valence-corrected chi connectivity index (χ4v) is 4.12. The van der Waals surface area contributed by atoms with Crippen molar-refractivity contribution in [2.45, 2.75) is 30.7 Å². The number of nitrogens with zero attached hydrogens (tertiary/aromatic N) is 1. The van der Waals surface area contributed by atoms with Crippen molar-refractivity contribution < 1.29 is 13.2 Å². The van der Waals surface area contributed by atoms with Crippen LogP contribution in [-0.4, -0.2) is 37.8 Å². The predicted molar refractivity (Wildman–Crippen MR) is 81.7 cm³/mol. The Morgan fingerprint density at radius 3 is 2.57 bits per heavy atom. The minimum atomic E-state index is -3.63. The van der Waals surface area contributed by atoms with Gasteiger partial charge in [0.15, 0.2) is 0 Å². The molecule has 0 radical (unpaired) electrons. The van der Waals surface area contributed by atoms with Crippen LogP contribution in [0.2, 0.25) is 5.02 Å². The van der Waals surface area contributed by atoms with Crippen LogP contribution < -0.4 is 11.1 Å². The summed E-state index contributed by atoms with van der Waals surface area (Å²) < 4.78 is 26.5. The van der Waals surface area contributed by atoms with Crippen LogP contribution in [0.15, 0.2) is 23.1 Å². The van der Waals surface area contributed by atoms with E-state index in [0.717, 1.165) is 12.8 Å². The molecule has 0 spiro atoms. The highest BCUT2D eigenvalue weighted by Crippen LogP contribution is 2.29. The van der Waals surface area contributed by atoms with Crippen molar-refractivity contribution in [1.82, 2.24) is 4.31 Å². The molecule has 0 unspecified atom stereocenters. The summed E-state index contributed by atoms with van der Waals surface area (Å²) in [6.07, 6.45) is 1.69. The zero-order valence-corrected chi connectivity index (χ0v) is 13.2. The first kappa shape index (κ1) is 16.2. The second kappa shape index (κ2) is 6.31. The first-order valence-corrected chi connectivity index (χ1v) is 8.50. The van der Waals surface area contributed by atoms with E-state index in [1.807, 2.05) is 0 Å². The van der Waals surface area contributed by atoms with Gasteiger partial charge >= 0.3 is 0 Å². The highest BCUT2D eigenvalue weighted by Gasteiger charge is 2.29. The van der Waals surface area contributed by atoms with Gasteiger partial charge in [0, 0.05) is 18.8 Å². The van der Waals surface area contributed by atoms with Gasteiger partial charge < -0.3 is 11.1 Å². The van der Waals surface area contributed by atoms with Crippen LogP contribution in [0.4, 0.5) is 5.69 Å². The minimum Gasteiger partial charge on any atom is -0.325 e. The summed E-state index contributed by atoms with van der Waals surface area (Å²) in [6.45, 7) is 2.54. The molecule has 1 aliphatic heterocycles. The molecule has 0 aromatic heterocycles. The molecule has 0 bridgehead atoms. The van der Waals surface area contributed by atoms with Crippen LogP contribution in [0, 0.1) is 0 Å². The quantitative estimate of drug-likeness (QED) is 0.872. The van der Waals surface area contributed by atoms with Crippen molar-refractivity contribution in [3.63, 3.8) is 0 Å². The van der Waals surface area contributed by atoms with Crippen molar-refractivity contribution in [3.8, 4) is 0 Å². The third-order valence-electron chi connectivity index (χ3n) is 3.30. The van der Waals surface area contributed by atoms with E-state index in [9.17, 15) is 13.2 Å². The standard InChI is InChI=1S/C13H18ClN3O3S/c1-9(15)13(18)16-10-4-5-11(14)12(8-10)21(19,20)17-6-2-3-7-17/h4-5,8-9H,2-3,6-7,15H2,1H3,(H,16,18)/t9-/m0/s1. The Morgan fingerprint density at radius 2 is 2.00 bits per heavy atom. The number of sulfonamides is 1. The molecule has 1 fully saturated rings. The number of nitrogens with one attached hydrogen (secondary N) is 1. The first-order valence-electron chi connectivity index (χ1n) is 6.68. The average Bonchev–Trinajstić information content (AvgIpc) is 2.95. The molecule has 1 heterocycles. The van der Waals surface area contributed by atoms with E-state index in [4.69, 9.17) is 17.3 Å². The van der Waals surface area contributed by atoms with Crippen molar-refractivity contribution in [3.05, 3.63) is 23.2 Å². The fourth-order valence-electron chi connectivity index (χ4n) is 2.10. The molecule has 21 heavy (non-hydrogen) atoms. The molecule has 1 amide bonds. The molecule has 3 N–H and O–H groups in total. The molecule has 0 saturated carbocycles. The van der Waals surface area contributed by atoms with Crippen molar-refractivity contribution in [2.75, 3.05) is 18.4 Å². The zero-order valence-electron chi connectivity index (χ0n) is 11.7. The van der Waals surface area contributed by atoms with E-state index in [0.29, 0.717) is 18.8 Å². The summed E-state index contributed by atoms with van der Waals surface area (Å²) in [5.41, 5.74) is 5.83. The van der Waals surface area contributed by atoms with Gasteiger partial charge in [0.2, 0.25) is 15.9 Å². The lowest BCUT2D eigenvalue weighted by Crippen LogP contribution is -2.32. The van der Waals surface area contributed by atoms with Crippen LogP contribution in [0.25, 0.3) is 0 Å². The maximum atomic E-state index is 12.5. The van der Waals surface area contributed by atoms with E-state index in [1.165, 1.54) is 16.4 Å². The molecular weight excluding hydrogens is 314 g/mol. The maximum absolute atomic E-state index is 12.5. The maximum Gasteiger partial charge on any atom is 0.244 e. The molecular formula is C13H18ClN3O3S. The first-order chi connectivity index (χ1) is 9.82. The fraction of sp³-hybridized carbons (Fsp3) is 0.462. The summed E-state index contributed by atoms with van der Waals surface area (Å²) in [5.74, 6) is -0.387. The molecule has 1 aromatic carbocycles. The number of hydrogen-bond acceptors (Lipinski definition) is 4. The Balaban J connectivity index is 2.33. The van der Waals surface area contributed by atoms with Crippen LogP contribution in [0.3, 0.4) is 0 Å². The predicted octanol–water partition coefficient (Wildman–Crippen LogP) is 1.41. The Bertz CT molecular complexity index is 640. The molecule has 6 nitrogen and oxygen atoms in total. The van der Waals surface area contributed by atoms with Gasteiger partial charge in [0.1, 0.15) is 4.90 Å². The lowest BCUT2D eigenvalue weighted by Gasteiger charge is -2.17. The molecule has 2 rings (SSSR count). The SMILES string of the molecule is C[C@H](N)C(=O)Nc1ccc(Cl)c(S(=O)(=O)N2CCCC2)c1. The zero-order chi connectivity index (χ0) is 15.6. The molecule has 8 heteroatoms. The third kappa shape index (κ3) is 3.55. The Morgan fingerprint density at radius 1 is 1.38 bits per heavy atom. The monoisotopic (exact) mass is 331 g/mol. The number of anilines is 1. The van der Waals surface area contributed by atoms with Gasteiger partial charge in [-0.3, -0.25) is 4.79 Å². The van der Waals surface area contributed by atoms with Gasteiger partial charge in [-0.2, -0.15) is 4.31 Å². The van der Waals surface area contributed by atoms with Gasteiger partial charge in [0.05, 0.1) is 11.1 Å². The normalized spacial score (nSPS) is 17.7. The molecule has 1 aromatic rings. The largest absolute Gasteiger partial charge is 0.325 e. The van der Waals surface area contributed by atoms with Gasteiger partial charge in [-0.05, 0) is 38.0 Å². The molecule has 1 saturated heterocycles. The van der Waals surface area contributed by atoms with Crippen LogP contribution in [0.5, 0.6) is 0 Å². The minimum absolute atomic E-state index is 0.00791. The topological polar surface area (TPSA) is 92.5 Å². The summed E-state index contributed by atoms with van der Waals surface area (Å²) in [7, 11) is -3.63. The second-order valence-electron chi connectivity index (χ2n) is 5.03. The number of benzene rings is 1. The van der Waals surface area contributed by atoms with Gasteiger partial charge in [-0.1, -0.05) is 11.6 Å². The lowest BCUT2D eigenvalue weighted by atomic mass is 10.3. The van der Waals surface area contributed by atoms with Crippen molar-refractivity contribution in [2.24, 2.45) is 5.73 Å². The highest BCUT2D eigenvalue weighted by atomic mass is 35.5. The average molecular weight is 332 g/mol. The number of carbonyl (C=O) groups is 1. The second-order valence-corrected chi connectivity index (χ2v) is 7.35. The number of nitrogens with two attached hydrogens (primary N) is 1. The number of hydrogen-bond donors (Lipinski definition) is 2. The molecule has 116 valence electrons. The van der Waals surface area contributed by atoms with E-state index >= 15 is 0 Å². The van der Waals surface area contributed by atoms with E-state index in [-0.39, 0.29) is 15.8 Å². The smallest absolute Gasteiger partial charge is 0.244 e. The number of amides is 1. The molecule has 1 atom stereocenters. The van der Waals surface area contributed by atoms with Gasteiger partial charge in [0.25, 0.3) is 0 Å². The number of rotatable bonds is 4. The van der Waals surface area contributed by atoms with Gasteiger partial charge in [-0.15, -0.1) is 0 Å². The van der Waals surface area contributed by atoms with Crippen LogP contribution in [0.1, 0.15) is 19.8 Å². The third-order valence-corrected chi connectivity index (χ3v) is 5.68. The van der Waals surface area contributed by atoms with E-state index in [1.54, 1.807) is 13.0 Å². The number of halogens is 1. The van der Waals surface area contributed by atoms with Crippen molar-refractivity contribution >= 4 is 33.2 Å². The Kier molecular flexibility index (Phi) is 4.88. The highest BCUT2D eigenvalue weighted by molar-refractivity contribution is 7.89. The van der Waals surface area contributed by atoms with Gasteiger partial charge in [-0.25, -0.2) is 8.42 Å². The summed E-state index contributed by atoms with van der Waals surface area (Å²) in [5, 5.41) is 2.71. The Labute approximate surface area is 129 Å². The molecule has 1 aliphatic rings. The van der Waals surface area contributed by atoms with Crippen LogP contribution >= 0.6 is 11.6 Å². The van der Waals surface area contributed by atoms with E-state index in [2.05, 4.69) is 5.32 Å². The summed E-state index contributed by atoms with van der Waals surface area (Å²) in [6, 6.07) is 3.70. The lowest BCUT2D eigenvalue weighted by molar-refractivity contribution is -0.117. The van der Waals surface area contributed by atoms with E-state index < -0.39 is 16.1 Å². The Hall–Kier alpha value is -1.15. The summed E-state index contributed by atoms with van der Waals surface area (Å²) >= 11 is 6.02. The summed E-state index contributed by atoms with van der Waals surface area (Å²) in [4.78, 5) is 11.6. The number of carbonyl (C=O) groups excluding carboxylic acids is 1.